The van der Waals surface area contributed by atoms with Crippen molar-refractivity contribution < 1.29 is 13.9 Å². The van der Waals surface area contributed by atoms with E-state index in [1.54, 1.807) is 12.3 Å². The molecule has 1 aromatic carbocycles. The van der Waals surface area contributed by atoms with Gasteiger partial charge in [0.05, 0.1) is 12.6 Å². The van der Waals surface area contributed by atoms with Crippen LogP contribution in [0.5, 0.6) is 0 Å². The Morgan fingerprint density at radius 3 is 3.00 bits per heavy atom. The number of nitrogens with one attached hydrogen (secondary N) is 1. The minimum atomic E-state index is -0.416. The average molecular weight is 327 g/mol. The smallest absolute Gasteiger partial charge is 0.152 e. The Morgan fingerprint density at radius 1 is 1.29 bits per heavy atom. The van der Waals surface area contributed by atoms with Crippen LogP contribution in [0.15, 0.2) is 53.1 Å². The van der Waals surface area contributed by atoms with Crippen LogP contribution in [0.4, 0.5) is 4.39 Å². The number of benzene rings is 1. The molecule has 1 aliphatic rings. The molecule has 0 unspecified atom stereocenters. The molecule has 3 aromatic rings. The Kier molecular flexibility index (Phi) is 3.92. The van der Waals surface area contributed by atoms with Crippen LogP contribution in [-0.4, -0.2) is 32.9 Å². The van der Waals surface area contributed by atoms with Crippen molar-refractivity contribution in [2.75, 3.05) is 6.54 Å². The zero-order valence-electron chi connectivity index (χ0n) is 13.0. The highest BCUT2D eigenvalue weighted by Crippen LogP contribution is 2.34. The van der Waals surface area contributed by atoms with Crippen LogP contribution in [0.25, 0.3) is 11.5 Å². The zero-order valence-corrected chi connectivity index (χ0v) is 13.0. The number of aliphatic hydroxyl groups excluding tert-OH is 1. The van der Waals surface area contributed by atoms with Crippen molar-refractivity contribution in [2.24, 2.45) is 0 Å². The largest absolute Gasteiger partial charge is 0.458 e. The van der Waals surface area contributed by atoms with Crippen molar-refractivity contribution in [3.63, 3.8) is 0 Å². The summed E-state index contributed by atoms with van der Waals surface area (Å²) in [6, 6.07) is 12.2. The maximum Gasteiger partial charge on any atom is 0.152 e. The number of halogens is 1. The lowest BCUT2D eigenvalue weighted by Crippen LogP contribution is -2.24. The summed E-state index contributed by atoms with van der Waals surface area (Å²) >= 11 is 0. The topological polar surface area (TPSA) is 65.3 Å². The monoisotopic (exact) mass is 327 g/mol. The first-order chi connectivity index (χ1) is 11.7. The fourth-order valence-corrected chi connectivity index (χ4v) is 3.32. The first-order valence-electron chi connectivity index (χ1n) is 7.95. The fourth-order valence-electron chi connectivity index (χ4n) is 3.32. The summed E-state index contributed by atoms with van der Waals surface area (Å²) in [4.78, 5) is 2.12. The Hall–Kier alpha value is -2.44. The summed E-state index contributed by atoms with van der Waals surface area (Å²) in [6.07, 6.45) is 1.85. The average Bonchev–Trinajstić information content (AvgIpc) is 3.28. The third kappa shape index (κ3) is 2.98. The van der Waals surface area contributed by atoms with Gasteiger partial charge in [-0.15, -0.1) is 0 Å². The van der Waals surface area contributed by atoms with Gasteiger partial charge in [-0.3, -0.25) is 10.00 Å². The van der Waals surface area contributed by atoms with Gasteiger partial charge in [0.15, 0.2) is 5.76 Å². The maximum absolute atomic E-state index is 13.5. The fraction of sp³-hybridized carbons (Fsp3) is 0.278. The lowest BCUT2D eigenvalue weighted by Gasteiger charge is -2.23. The number of H-pyrrole nitrogens is 1. The molecule has 0 amide bonds. The molecule has 6 heteroatoms. The number of furan rings is 1. The molecule has 1 fully saturated rings. The number of aromatic amines is 1. The quantitative estimate of drug-likeness (QED) is 0.773. The molecule has 2 N–H and O–H groups in total. The molecule has 5 nitrogen and oxygen atoms in total. The number of β-amino-alcohol motifs (C(OH)–C–C–N with tert-alkyl or cyclic N) is 1. The molecule has 124 valence electrons. The van der Waals surface area contributed by atoms with Gasteiger partial charge in [0, 0.05) is 18.8 Å². The van der Waals surface area contributed by atoms with E-state index < -0.39 is 6.10 Å². The zero-order chi connectivity index (χ0) is 16.5. The van der Waals surface area contributed by atoms with E-state index in [9.17, 15) is 9.50 Å². The van der Waals surface area contributed by atoms with Crippen molar-refractivity contribution in [3.8, 4) is 11.5 Å². The number of aliphatic hydroxyl groups is 1. The van der Waals surface area contributed by atoms with Crippen LogP contribution >= 0.6 is 0 Å². The highest BCUT2D eigenvalue weighted by molar-refractivity contribution is 5.51. The third-order valence-electron chi connectivity index (χ3n) is 4.40. The van der Waals surface area contributed by atoms with Crippen molar-refractivity contribution in [3.05, 3.63) is 65.8 Å². The number of nitrogens with zero attached hydrogens (tertiary/aromatic N) is 2. The van der Waals surface area contributed by atoms with Crippen LogP contribution in [0, 0.1) is 5.82 Å². The Labute approximate surface area is 138 Å². The maximum atomic E-state index is 13.5. The number of hydrogen-bond donors (Lipinski definition) is 2. The van der Waals surface area contributed by atoms with E-state index in [2.05, 4.69) is 15.1 Å². The van der Waals surface area contributed by atoms with Gasteiger partial charge < -0.3 is 9.52 Å². The molecule has 1 aliphatic heterocycles. The van der Waals surface area contributed by atoms with Gasteiger partial charge in [-0.1, -0.05) is 12.1 Å². The van der Waals surface area contributed by atoms with Gasteiger partial charge in [-0.25, -0.2) is 4.39 Å². The van der Waals surface area contributed by atoms with Gasteiger partial charge in [-0.05, 0) is 42.3 Å². The van der Waals surface area contributed by atoms with Crippen molar-refractivity contribution in [1.29, 1.82) is 0 Å². The molecule has 2 atom stereocenters. The second-order valence-corrected chi connectivity index (χ2v) is 6.13. The van der Waals surface area contributed by atoms with E-state index in [0.29, 0.717) is 19.5 Å². The summed E-state index contributed by atoms with van der Waals surface area (Å²) in [6.45, 7) is 1.10. The second-order valence-electron chi connectivity index (χ2n) is 6.13. The minimum Gasteiger partial charge on any atom is -0.458 e. The van der Waals surface area contributed by atoms with E-state index in [1.165, 1.54) is 12.1 Å². The summed E-state index contributed by atoms with van der Waals surface area (Å²) in [5.41, 5.74) is 1.70. The predicted molar refractivity (Wildman–Crippen MR) is 86.5 cm³/mol. The predicted octanol–water partition coefficient (Wildman–Crippen LogP) is 3.12. The van der Waals surface area contributed by atoms with Gasteiger partial charge in [0.2, 0.25) is 0 Å². The van der Waals surface area contributed by atoms with E-state index in [4.69, 9.17) is 4.42 Å². The minimum absolute atomic E-state index is 0.0172. The number of rotatable bonds is 4. The lowest BCUT2D eigenvalue weighted by atomic mass is 10.0. The van der Waals surface area contributed by atoms with Crippen LogP contribution in [0.1, 0.15) is 23.8 Å². The highest BCUT2D eigenvalue weighted by atomic mass is 19.1. The SMILES string of the molecule is O[C@H]1C[C@H](c2cccc(F)c2)N(Cc2ccc(-c3ccn[nH]3)o2)C1. The molecule has 0 bridgehead atoms. The standard InChI is InChI=1S/C18H18FN3O2/c19-13-3-1-2-12(8-13)17-9-14(23)10-22(17)11-15-4-5-18(24-15)16-6-7-20-21-16/h1-8,14,17,23H,9-11H2,(H,20,21)/t14-,17+/m0/s1. The third-order valence-corrected chi connectivity index (χ3v) is 4.40. The molecule has 24 heavy (non-hydrogen) atoms. The molecule has 3 heterocycles. The molecule has 0 spiro atoms. The van der Waals surface area contributed by atoms with E-state index in [1.807, 2.05) is 24.3 Å². The first kappa shape index (κ1) is 15.1. The van der Waals surface area contributed by atoms with Crippen molar-refractivity contribution >= 4 is 0 Å². The first-order valence-corrected chi connectivity index (χ1v) is 7.95. The Morgan fingerprint density at radius 2 is 2.21 bits per heavy atom. The molecule has 0 aliphatic carbocycles. The van der Waals surface area contributed by atoms with Crippen LogP contribution in [0.2, 0.25) is 0 Å². The molecule has 2 aromatic heterocycles. The molecule has 0 radical (unpaired) electrons. The number of hydrogen-bond acceptors (Lipinski definition) is 4. The summed E-state index contributed by atoms with van der Waals surface area (Å²) in [7, 11) is 0. The molecular weight excluding hydrogens is 309 g/mol. The lowest BCUT2D eigenvalue weighted by molar-refractivity contribution is 0.168. The van der Waals surface area contributed by atoms with E-state index in [0.717, 1.165) is 22.8 Å². The van der Waals surface area contributed by atoms with Crippen molar-refractivity contribution in [2.45, 2.75) is 25.1 Å². The summed E-state index contributed by atoms with van der Waals surface area (Å²) in [5, 5.41) is 16.8. The molecule has 0 saturated carbocycles. The van der Waals surface area contributed by atoms with Gasteiger partial charge >= 0.3 is 0 Å². The Bertz CT molecular complexity index is 815. The highest BCUT2D eigenvalue weighted by Gasteiger charge is 2.32. The summed E-state index contributed by atoms with van der Waals surface area (Å²) < 4.78 is 19.4. The van der Waals surface area contributed by atoms with Crippen LogP contribution in [-0.2, 0) is 6.54 Å². The van der Waals surface area contributed by atoms with E-state index >= 15 is 0 Å². The van der Waals surface area contributed by atoms with Gasteiger partial charge in [0.1, 0.15) is 17.3 Å². The molecule has 4 rings (SSSR count). The number of likely N-dealkylation sites (tertiary alicyclic amines) is 1. The van der Waals surface area contributed by atoms with Crippen molar-refractivity contribution in [1.82, 2.24) is 15.1 Å². The summed E-state index contributed by atoms with van der Waals surface area (Å²) in [5.74, 6) is 1.27. The Balaban J connectivity index is 1.54. The van der Waals surface area contributed by atoms with E-state index in [-0.39, 0.29) is 11.9 Å². The number of aromatic nitrogens is 2. The normalized spacial score (nSPS) is 21.4. The molecular formula is C18H18FN3O2. The van der Waals surface area contributed by atoms with Crippen LogP contribution < -0.4 is 0 Å². The van der Waals surface area contributed by atoms with Gasteiger partial charge in [-0.2, -0.15) is 5.10 Å². The second kappa shape index (κ2) is 6.22. The molecule has 1 saturated heterocycles. The van der Waals surface area contributed by atoms with Gasteiger partial charge in [0.25, 0.3) is 0 Å². The van der Waals surface area contributed by atoms with Crippen LogP contribution in [0.3, 0.4) is 0 Å².